The van der Waals surface area contributed by atoms with E-state index < -0.39 is 0 Å². The van der Waals surface area contributed by atoms with Gasteiger partial charge in [0, 0.05) is 12.0 Å². The molecule has 0 aliphatic carbocycles. The Morgan fingerprint density at radius 2 is 1.70 bits per heavy atom. The summed E-state index contributed by atoms with van der Waals surface area (Å²) in [4.78, 5) is 13.5. The lowest BCUT2D eigenvalue weighted by Gasteiger charge is -2.29. The summed E-state index contributed by atoms with van der Waals surface area (Å²) in [6, 6.07) is 20.1. The molecule has 3 heteroatoms. The van der Waals surface area contributed by atoms with Crippen molar-refractivity contribution in [3.63, 3.8) is 0 Å². The van der Waals surface area contributed by atoms with Crippen molar-refractivity contribution in [3.05, 3.63) is 77.9 Å². The Hall–Kier alpha value is -2.39. The van der Waals surface area contributed by atoms with Gasteiger partial charge >= 0.3 is 5.97 Å². The largest absolute Gasteiger partial charge is 0.464 e. The van der Waals surface area contributed by atoms with Crippen LogP contribution in [0.5, 0.6) is 0 Å². The molecule has 0 saturated carbocycles. The number of ether oxygens (including phenoxy) is 1. The van der Waals surface area contributed by atoms with Crippen LogP contribution in [-0.4, -0.2) is 26.2 Å². The SMILES string of the molecule is COC(=O)[C@H](c1ccccc1)[NH+]1CC=C(c2ccccc2)CC1. The van der Waals surface area contributed by atoms with E-state index in [1.54, 1.807) is 0 Å². The van der Waals surface area contributed by atoms with Crippen molar-refractivity contribution in [3.8, 4) is 0 Å². The molecule has 2 aromatic rings. The smallest absolute Gasteiger partial charge is 0.369 e. The quantitative estimate of drug-likeness (QED) is 0.879. The Morgan fingerprint density at radius 1 is 1.04 bits per heavy atom. The maximum atomic E-state index is 12.3. The molecule has 2 atom stereocenters. The molecule has 1 aliphatic heterocycles. The van der Waals surface area contributed by atoms with Crippen LogP contribution >= 0.6 is 0 Å². The number of methoxy groups -OCH3 is 1. The number of nitrogens with one attached hydrogen (secondary N) is 1. The first-order chi connectivity index (χ1) is 11.3. The number of benzene rings is 2. The van der Waals surface area contributed by atoms with Crippen LogP contribution in [0.2, 0.25) is 0 Å². The molecule has 0 aromatic heterocycles. The summed E-state index contributed by atoms with van der Waals surface area (Å²) in [5, 5.41) is 0. The van der Waals surface area contributed by atoms with Gasteiger partial charge in [0.1, 0.15) is 0 Å². The van der Waals surface area contributed by atoms with Gasteiger partial charge < -0.3 is 9.64 Å². The van der Waals surface area contributed by atoms with Gasteiger partial charge in [-0.2, -0.15) is 0 Å². The zero-order valence-corrected chi connectivity index (χ0v) is 13.4. The average molecular weight is 308 g/mol. The minimum atomic E-state index is -0.255. The highest BCUT2D eigenvalue weighted by atomic mass is 16.5. The van der Waals surface area contributed by atoms with Crippen molar-refractivity contribution >= 4 is 11.5 Å². The summed E-state index contributed by atoms with van der Waals surface area (Å²) in [7, 11) is 1.47. The van der Waals surface area contributed by atoms with Crippen LogP contribution in [-0.2, 0) is 9.53 Å². The Labute approximate surface area is 137 Å². The molecule has 2 aromatic carbocycles. The summed E-state index contributed by atoms with van der Waals surface area (Å²) in [5.74, 6) is -0.164. The highest BCUT2D eigenvalue weighted by Crippen LogP contribution is 2.19. The molecule has 3 rings (SSSR count). The number of hydrogen-bond donors (Lipinski definition) is 1. The van der Waals surface area contributed by atoms with Crippen LogP contribution in [0.1, 0.15) is 23.6 Å². The van der Waals surface area contributed by atoms with Gasteiger partial charge in [-0.15, -0.1) is 0 Å². The number of carbonyl (C=O) groups excluding carboxylic acids is 1. The molecule has 118 valence electrons. The Kier molecular flexibility index (Phi) is 4.89. The first-order valence-electron chi connectivity index (χ1n) is 8.01. The summed E-state index contributed by atoms with van der Waals surface area (Å²) in [5.41, 5.74) is 3.66. The third kappa shape index (κ3) is 3.51. The molecular formula is C20H22NO2+. The lowest BCUT2D eigenvalue weighted by atomic mass is 9.97. The van der Waals surface area contributed by atoms with E-state index in [2.05, 4.69) is 30.3 Å². The summed E-state index contributed by atoms with van der Waals surface area (Å²) >= 11 is 0. The first kappa shape index (κ1) is 15.5. The fourth-order valence-corrected chi connectivity index (χ4v) is 3.23. The molecule has 0 radical (unpaired) electrons. The number of esters is 1. The molecule has 0 fully saturated rings. The number of carbonyl (C=O) groups is 1. The molecule has 1 heterocycles. The van der Waals surface area contributed by atoms with E-state index in [4.69, 9.17) is 4.74 Å². The molecular weight excluding hydrogens is 286 g/mol. The van der Waals surface area contributed by atoms with Crippen molar-refractivity contribution in [2.24, 2.45) is 0 Å². The third-order valence-electron chi connectivity index (χ3n) is 4.45. The second kappa shape index (κ2) is 7.25. The summed E-state index contributed by atoms with van der Waals surface area (Å²) in [6.07, 6.45) is 3.23. The van der Waals surface area contributed by atoms with Crippen LogP contribution in [0.3, 0.4) is 0 Å². The van der Waals surface area contributed by atoms with Crippen LogP contribution in [0.15, 0.2) is 66.7 Å². The van der Waals surface area contributed by atoms with Gasteiger partial charge in [-0.1, -0.05) is 60.7 Å². The van der Waals surface area contributed by atoms with Crippen LogP contribution < -0.4 is 4.90 Å². The molecule has 0 spiro atoms. The lowest BCUT2D eigenvalue weighted by Crippen LogP contribution is -3.13. The van der Waals surface area contributed by atoms with Gasteiger partial charge in [0.2, 0.25) is 6.04 Å². The van der Waals surface area contributed by atoms with E-state index in [0.29, 0.717) is 0 Å². The van der Waals surface area contributed by atoms with Crippen molar-refractivity contribution in [1.29, 1.82) is 0 Å². The minimum Gasteiger partial charge on any atom is -0.464 e. The van der Waals surface area contributed by atoms with Gasteiger partial charge in [-0.05, 0) is 17.2 Å². The normalized spacial score (nSPS) is 18.8. The first-order valence-corrected chi connectivity index (χ1v) is 8.01. The highest BCUT2D eigenvalue weighted by Gasteiger charge is 2.33. The van der Waals surface area contributed by atoms with Gasteiger partial charge in [0.15, 0.2) is 0 Å². The molecule has 1 N–H and O–H groups in total. The van der Waals surface area contributed by atoms with Crippen LogP contribution in [0.25, 0.3) is 5.57 Å². The maximum Gasteiger partial charge on any atom is 0.369 e. The average Bonchev–Trinajstić information content (AvgIpc) is 2.64. The Balaban J connectivity index is 1.81. The number of rotatable bonds is 4. The van der Waals surface area contributed by atoms with Gasteiger partial charge in [-0.25, -0.2) is 4.79 Å². The molecule has 0 amide bonds. The zero-order valence-electron chi connectivity index (χ0n) is 13.4. The topological polar surface area (TPSA) is 30.7 Å². The molecule has 3 nitrogen and oxygen atoms in total. The van der Waals surface area contributed by atoms with Gasteiger partial charge in [0.05, 0.1) is 20.2 Å². The minimum absolute atomic E-state index is 0.164. The monoisotopic (exact) mass is 308 g/mol. The number of quaternary nitrogens is 1. The second-order valence-corrected chi connectivity index (χ2v) is 5.82. The summed E-state index contributed by atoms with van der Waals surface area (Å²) < 4.78 is 5.05. The van der Waals surface area contributed by atoms with E-state index in [1.807, 2.05) is 36.4 Å². The molecule has 1 aliphatic rings. The zero-order chi connectivity index (χ0) is 16.1. The van der Waals surface area contributed by atoms with Crippen molar-refractivity contribution < 1.29 is 14.4 Å². The summed E-state index contributed by atoms with van der Waals surface area (Å²) in [6.45, 7) is 1.76. The maximum absolute atomic E-state index is 12.3. The predicted octanol–water partition coefficient (Wildman–Crippen LogP) is 2.27. The lowest BCUT2D eigenvalue weighted by molar-refractivity contribution is -0.918. The van der Waals surface area contributed by atoms with E-state index in [0.717, 1.165) is 25.1 Å². The van der Waals surface area contributed by atoms with Crippen LogP contribution in [0, 0.1) is 0 Å². The van der Waals surface area contributed by atoms with E-state index in [1.165, 1.54) is 23.1 Å². The fraction of sp³-hybridized carbons (Fsp3) is 0.250. The highest BCUT2D eigenvalue weighted by molar-refractivity contribution is 5.76. The van der Waals surface area contributed by atoms with Gasteiger partial charge in [-0.3, -0.25) is 0 Å². The van der Waals surface area contributed by atoms with E-state index in [9.17, 15) is 4.79 Å². The van der Waals surface area contributed by atoms with E-state index in [-0.39, 0.29) is 12.0 Å². The molecule has 23 heavy (non-hydrogen) atoms. The molecule has 0 saturated heterocycles. The van der Waals surface area contributed by atoms with Crippen LogP contribution in [0.4, 0.5) is 0 Å². The second-order valence-electron chi connectivity index (χ2n) is 5.82. The Morgan fingerprint density at radius 3 is 2.26 bits per heavy atom. The van der Waals surface area contributed by atoms with Gasteiger partial charge in [0.25, 0.3) is 0 Å². The molecule has 1 unspecified atom stereocenters. The number of hydrogen-bond acceptors (Lipinski definition) is 2. The van der Waals surface area contributed by atoms with Crippen molar-refractivity contribution in [2.45, 2.75) is 12.5 Å². The standard InChI is InChI=1S/C20H21NO2/c1-23-20(22)19(18-10-6-3-7-11-18)21-14-12-17(13-15-21)16-8-4-2-5-9-16/h2-12,19H,13-15H2,1H3/p+1/t19-/m0/s1. The fourth-order valence-electron chi connectivity index (χ4n) is 3.23. The molecule has 0 bridgehead atoms. The van der Waals surface area contributed by atoms with E-state index >= 15 is 0 Å². The Bertz CT molecular complexity index is 679. The third-order valence-corrected chi connectivity index (χ3v) is 4.45. The van der Waals surface area contributed by atoms with Crippen molar-refractivity contribution in [1.82, 2.24) is 0 Å². The van der Waals surface area contributed by atoms with Crippen molar-refractivity contribution in [2.75, 3.05) is 20.2 Å². The predicted molar refractivity (Wildman–Crippen MR) is 90.9 cm³/mol.